The van der Waals surface area contributed by atoms with Gasteiger partial charge in [-0.3, -0.25) is 9.69 Å². The molecule has 0 amide bonds. The Labute approximate surface area is 108 Å². The third-order valence-corrected chi connectivity index (χ3v) is 2.80. The molecule has 0 aliphatic carbocycles. The van der Waals surface area contributed by atoms with E-state index in [1.165, 1.54) is 7.11 Å². The summed E-state index contributed by atoms with van der Waals surface area (Å²) in [6.45, 7) is 2.37. The first-order valence-electron chi connectivity index (χ1n) is 5.98. The van der Waals surface area contributed by atoms with Gasteiger partial charge in [0.15, 0.2) is 0 Å². The van der Waals surface area contributed by atoms with Crippen molar-refractivity contribution < 1.29 is 14.3 Å². The SMILES string of the molecule is COCCN(C)Cc1ccccc1CC(=O)OC. The molecular formula is C14H21NO3. The van der Waals surface area contributed by atoms with Crippen molar-refractivity contribution in [1.29, 1.82) is 0 Å². The zero-order valence-electron chi connectivity index (χ0n) is 11.3. The number of hydrogen-bond donors (Lipinski definition) is 0. The van der Waals surface area contributed by atoms with Crippen LogP contribution in [0, 0.1) is 0 Å². The second-order valence-electron chi connectivity index (χ2n) is 4.25. The molecule has 0 atom stereocenters. The first-order valence-corrected chi connectivity index (χ1v) is 5.98. The predicted molar refractivity (Wildman–Crippen MR) is 70.4 cm³/mol. The highest BCUT2D eigenvalue weighted by Gasteiger charge is 2.09. The lowest BCUT2D eigenvalue weighted by atomic mass is 10.0. The van der Waals surface area contributed by atoms with Gasteiger partial charge in [-0.1, -0.05) is 24.3 Å². The van der Waals surface area contributed by atoms with Gasteiger partial charge in [0.1, 0.15) is 0 Å². The highest BCUT2D eigenvalue weighted by molar-refractivity contribution is 5.72. The molecule has 18 heavy (non-hydrogen) atoms. The van der Waals surface area contributed by atoms with E-state index >= 15 is 0 Å². The van der Waals surface area contributed by atoms with Gasteiger partial charge in [0, 0.05) is 20.2 Å². The van der Waals surface area contributed by atoms with Crippen molar-refractivity contribution in [3.63, 3.8) is 0 Å². The highest BCUT2D eigenvalue weighted by atomic mass is 16.5. The summed E-state index contributed by atoms with van der Waals surface area (Å²) in [5.41, 5.74) is 2.18. The maximum Gasteiger partial charge on any atom is 0.309 e. The van der Waals surface area contributed by atoms with Gasteiger partial charge in [0.25, 0.3) is 0 Å². The third-order valence-electron chi connectivity index (χ3n) is 2.80. The Balaban J connectivity index is 2.66. The number of rotatable bonds is 7. The maximum absolute atomic E-state index is 11.3. The van der Waals surface area contributed by atoms with Gasteiger partial charge in [0.05, 0.1) is 20.1 Å². The number of likely N-dealkylation sites (N-methyl/N-ethyl adjacent to an activating group) is 1. The molecular weight excluding hydrogens is 230 g/mol. The van der Waals surface area contributed by atoms with Crippen LogP contribution in [-0.4, -0.2) is 45.3 Å². The Morgan fingerprint density at radius 2 is 1.89 bits per heavy atom. The van der Waals surface area contributed by atoms with Gasteiger partial charge in [0.2, 0.25) is 0 Å². The average Bonchev–Trinajstić information content (AvgIpc) is 2.38. The fourth-order valence-electron chi connectivity index (χ4n) is 1.73. The van der Waals surface area contributed by atoms with E-state index in [2.05, 4.69) is 4.90 Å². The zero-order valence-corrected chi connectivity index (χ0v) is 11.3. The smallest absolute Gasteiger partial charge is 0.309 e. The van der Waals surface area contributed by atoms with Crippen LogP contribution in [0.1, 0.15) is 11.1 Å². The van der Waals surface area contributed by atoms with Crippen LogP contribution in [0.15, 0.2) is 24.3 Å². The molecule has 0 spiro atoms. The summed E-state index contributed by atoms with van der Waals surface area (Å²) >= 11 is 0. The standard InChI is InChI=1S/C14H21NO3/c1-15(8-9-17-2)11-13-7-5-4-6-12(13)10-14(16)18-3/h4-7H,8-11H2,1-3H3. The molecule has 0 saturated heterocycles. The molecule has 0 fully saturated rings. The van der Waals surface area contributed by atoms with E-state index in [1.54, 1.807) is 7.11 Å². The van der Waals surface area contributed by atoms with Crippen LogP contribution in [0.5, 0.6) is 0 Å². The molecule has 0 saturated carbocycles. The summed E-state index contributed by atoms with van der Waals surface area (Å²) in [4.78, 5) is 13.5. The van der Waals surface area contributed by atoms with E-state index in [0.717, 1.165) is 24.2 Å². The molecule has 1 aromatic carbocycles. The quantitative estimate of drug-likeness (QED) is 0.688. The van der Waals surface area contributed by atoms with Crippen molar-refractivity contribution in [1.82, 2.24) is 4.90 Å². The molecule has 1 aromatic rings. The van der Waals surface area contributed by atoms with Crippen molar-refractivity contribution in [2.75, 3.05) is 34.4 Å². The fourth-order valence-corrected chi connectivity index (χ4v) is 1.73. The normalized spacial score (nSPS) is 10.7. The van der Waals surface area contributed by atoms with E-state index < -0.39 is 0 Å². The van der Waals surface area contributed by atoms with Crippen LogP contribution >= 0.6 is 0 Å². The molecule has 0 unspecified atom stereocenters. The molecule has 0 aromatic heterocycles. The number of hydrogen-bond acceptors (Lipinski definition) is 4. The topological polar surface area (TPSA) is 38.8 Å². The van der Waals surface area contributed by atoms with Crippen LogP contribution in [0.4, 0.5) is 0 Å². The van der Waals surface area contributed by atoms with Crippen molar-refractivity contribution in [3.8, 4) is 0 Å². The molecule has 0 aliphatic heterocycles. The van der Waals surface area contributed by atoms with Gasteiger partial charge in [-0.05, 0) is 18.2 Å². The molecule has 0 heterocycles. The number of ether oxygens (including phenoxy) is 2. The van der Waals surface area contributed by atoms with Crippen LogP contribution in [0.3, 0.4) is 0 Å². The van der Waals surface area contributed by atoms with Crippen molar-refractivity contribution >= 4 is 5.97 Å². The summed E-state index contributed by atoms with van der Waals surface area (Å²) in [5.74, 6) is -0.206. The second kappa shape index (κ2) is 7.84. The summed E-state index contributed by atoms with van der Waals surface area (Å²) in [7, 11) is 5.14. The summed E-state index contributed by atoms with van der Waals surface area (Å²) in [6.07, 6.45) is 0.324. The first-order chi connectivity index (χ1) is 8.67. The van der Waals surface area contributed by atoms with E-state index in [4.69, 9.17) is 9.47 Å². The Morgan fingerprint density at radius 3 is 2.50 bits per heavy atom. The number of benzene rings is 1. The largest absolute Gasteiger partial charge is 0.469 e. The molecule has 100 valence electrons. The minimum atomic E-state index is -0.206. The molecule has 0 aliphatic rings. The summed E-state index contributed by atoms with van der Waals surface area (Å²) in [6, 6.07) is 7.94. The Bertz CT molecular complexity index is 379. The number of nitrogens with zero attached hydrogens (tertiary/aromatic N) is 1. The Kier molecular flexibility index (Phi) is 6.39. The van der Waals surface area contributed by atoms with E-state index in [1.807, 2.05) is 31.3 Å². The van der Waals surface area contributed by atoms with Gasteiger partial charge in [-0.2, -0.15) is 0 Å². The molecule has 1 rings (SSSR count). The lowest BCUT2D eigenvalue weighted by molar-refractivity contribution is -0.139. The lowest BCUT2D eigenvalue weighted by Crippen LogP contribution is -2.23. The van der Waals surface area contributed by atoms with Gasteiger partial charge >= 0.3 is 5.97 Å². The van der Waals surface area contributed by atoms with Gasteiger partial charge < -0.3 is 9.47 Å². The van der Waals surface area contributed by atoms with Crippen molar-refractivity contribution in [2.24, 2.45) is 0 Å². The predicted octanol–water partition coefficient (Wildman–Crippen LogP) is 1.48. The van der Waals surface area contributed by atoms with Gasteiger partial charge in [-0.25, -0.2) is 0 Å². The van der Waals surface area contributed by atoms with Crippen LogP contribution in [-0.2, 0) is 27.2 Å². The summed E-state index contributed by atoms with van der Waals surface area (Å²) in [5, 5.41) is 0. The number of esters is 1. The monoisotopic (exact) mass is 251 g/mol. The van der Waals surface area contributed by atoms with E-state index in [9.17, 15) is 4.79 Å². The minimum absolute atomic E-state index is 0.206. The van der Waals surface area contributed by atoms with E-state index in [-0.39, 0.29) is 5.97 Å². The van der Waals surface area contributed by atoms with Crippen LogP contribution in [0.2, 0.25) is 0 Å². The van der Waals surface area contributed by atoms with E-state index in [0.29, 0.717) is 13.0 Å². The molecule has 0 bridgehead atoms. The lowest BCUT2D eigenvalue weighted by Gasteiger charge is -2.18. The van der Waals surface area contributed by atoms with Crippen molar-refractivity contribution in [2.45, 2.75) is 13.0 Å². The van der Waals surface area contributed by atoms with Crippen LogP contribution in [0.25, 0.3) is 0 Å². The average molecular weight is 251 g/mol. The second-order valence-corrected chi connectivity index (χ2v) is 4.25. The molecule has 4 nitrogen and oxygen atoms in total. The minimum Gasteiger partial charge on any atom is -0.469 e. The van der Waals surface area contributed by atoms with Gasteiger partial charge in [-0.15, -0.1) is 0 Å². The third kappa shape index (κ3) is 4.85. The first kappa shape index (κ1) is 14.7. The number of methoxy groups -OCH3 is 2. The number of carbonyl (C=O) groups is 1. The fraction of sp³-hybridized carbons (Fsp3) is 0.500. The summed E-state index contributed by atoms with van der Waals surface area (Å²) < 4.78 is 9.75. The highest BCUT2D eigenvalue weighted by Crippen LogP contribution is 2.12. The van der Waals surface area contributed by atoms with Crippen LogP contribution < -0.4 is 0 Å². The zero-order chi connectivity index (χ0) is 13.4. The Hall–Kier alpha value is -1.39. The number of carbonyl (C=O) groups excluding carboxylic acids is 1. The maximum atomic E-state index is 11.3. The molecule has 4 heteroatoms. The molecule has 0 N–H and O–H groups in total. The Morgan fingerprint density at radius 1 is 1.22 bits per heavy atom. The van der Waals surface area contributed by atoms with Crippen molar-refractivity contribution in [3.05, 3.63) is 35.4 Å². The molecule has 0 radical (unpaired) electrons.